The van der Waals surface area contributed by atoms with E-state index in [0.717, 1.165) is 5.69 Å². The van der Waals surface area contributed by atoms with E-state index in [-0.39, 0.29) is 23.8 Å². The first kappa shape index (κ1) is 14.1. The number of amides is 1. The highest BCUT2D eigenvalue weighted by Crippen LogP contribution is 2.03. The van der Waals surface area contributed by atoms with Crippen LogP contribution in [0.5, 0.6) is 0 Å². The average molecular weight is 274 g/mol. The van der Waals surface area contributed by atoms with E-state index in [1.165, 1.54) is 18.3 Å². The van der Waals surface area contributed by atoms with Crippen LogP contribution in [0.15, 0.2) is 36.5 Å². The van der Waals surface area contributed by atoms with Gasteiger partial charge in [-0.25, -0.2) is 9.37 Å². The lowest BCUT2D eigenvalue weighted by atomic mass is 10.2. The molecule has 0 saturated heterocycles. The quantitative estimate of drug-likeness (QED) is 0.854. The Balaban J connectivity index is 2.01. The van der Waals surface area contributed by atoms with Crippen LogP contribution >= 0.6 is 0 Å². The normalized spacial score (nSPS) is 10.3. The van der Waals surface area contributed by atoms with Gasteiger partial charge in [0.25, 0.3) is 5.91 Å². The highest BCUT2D eigenvalue weighted by molar-refractivity contribution is 5.92. The molecule has 104 valence electrons. The molecule has 0 radical (unpaired) electrons. The van der Waals surface area contributed by atoms with Crippen molar-refractivity contribution in [3.8, 4) is 0 Å². The second-order valence-corrected chi connectivity index (χ2v) is 4.17. The molecule has 1 amide bonds. The third-order valence-electron chi connectivity index (χ3n) is 2.69. The summed E-state index contributed by atoms with van der Waals surface area (Å²) < 4.78 is 13.4. The standard InChI is InChI=1S/C14H15FN4O/c15-11-4-2-8-17-13(11)9-18-14(20)12-5-1-3-10(19-12)6-7-16/h1-5,8H,6-7,9,16H2,(H,18,20). The number of aromatic nitrogens is 2. The fourth-order valence-electron chi connectivity index (χ4n) is 1.70. The Hall–Kier alpha value is -2.34. The molecule has 0 atom stereocenters. The molecule has 20 heavy (non-hydrogen) atoms. The van der Waals surface area contributed by atoms with Crippen LogP contribution in [0.3, 0.4) is 0 Å². The van der Waals surface area contributed by atoms with Gasteiger partial charge < -0.3 is 11.1 Å². The first-order chi connectivity index (χ1) is 9.70. The van der Waals surface area contributed by atoms with Gasteiger partial charge in [-0.1, -0.05) is 6.07 Å². The van der Waals surface area contributed by atoms with Gasteiger partial charge in [-0.15, -0.1) is 0 Å². The van der Waals surface area contributed by atoms with Gasteiger partial charge in [0.05, 0.1) is 12.2 Å². The van der Waals surface area contributed by atoms with Crippen molar-refractivity contribution < 1.29 is 9.18 Å². The third-order valence-corrected chi connectivity index (χ3v) is 2.69. The summed E-state index contributed by atoms with van der Waals surface area (Å²) in [6.07, 6.45) is 2.08. The summed E-state index contributed by atoms with van der Waals surface area (Å²) in [5.41, 5.74) is 6.68. The van der Waals surface area contributed by atoms with E-state index < -0.39 is 5.82 Å². The summed E-state index contributed by atoms with van der Waals surface area (Å²) in [7, 11) is 0. The van der Waals surface area contributed by atoms with Gasteiger partial charge in [0, 0.05) is 18.3 Å². The maximum atomic E-state index is 13.4. The molecule has 0 bridgehead atoms. The first-order valence-electron chi connectivity index (χ1n) is 6.24. The number of hydrogen-bond donors (Lipinski definition) is 2. The van der Waals surface area contributed by atoms with E-state index in [1.807, 2.05) is 6.07 Å². The number of pyridine rings is 2. The number of nitrogens with one attached hydrogen (secondary N) is 1. The molecule has 0 unspecified atom stereocenters. The van der Waals surface area contributed by atoms with Gasteiger partial charge in [0.15, 0.2) is 0 Å². The number of rotatable bonds is 5. The highest BCUT2D eigenvalue weighted by atomic mass is 19.1. The maximum Gasteiger partial charge on any atom is 0.270 e. The van der Waals surface area contributed by atoms with Crippen molar-refractivity contribution >= 4 is 5.91 Å². The summed E-state index contributed by atoms with van der Waals surface area (Å²) in [6, 6.07) is 7.95. The Morgan fingerprint density at radius 1 is 1.30 bits per heavy atom. The topological polar surface area (TPSA) is 80.9 Å². The molecule has 2 aromatic rings. The molecule has 2 heterocycles. The van der Waals surface area contributed by atoms with E-state index >= 15 is 0 Å². The second kappa shape index (κ2) is 6.72. The van der Waals surface area contributed by atoms with Crippen LogP contribution in [0.1, 0.15) is 21.9 Å². The highest BCUT2D eigenvalue weighted by Gasteiger charge is 2.09. The number of halogens is 1. The fraction of sp³-hybridized carbons (Fsp3) is 0.214. The molecule has 0 aliphatic heterocycles. The van der Waals surface area contributed by atoms with Crippen LogP contribution < -0.4 is 11.1 Å². The lowest BCUT2D eigenvalue weighted by Crippen LogP contribution is -2.25. The summed E-state index contributed by atoms with van der Waals surface area (Å²) in [5.74, 6) is -0.813. The predicted molar refractivity (Wildman–Crippen MR) is 72.4 cm³/mol. The Morgan fingerprint density at radius 3 is 2.90 bits per heavy atom. The molecule has 3 N–H and O–H groups in total. The van der Waals surface area contributed by atoms with Crippen molar-refractivity contribution in [1.29, 1.82) is 0 Å². The largest absolute Gasteiger partial charge is 0.345 e. The SMILES string of the molecule is NCCc1cccc(C(=O)NCc2ncccc2F)n1. The van der Waals surface area contributed by atoms with Gasteiger partial charge in [-0.3, -0.25) is 9.78 Å². The van der Waals surface area contributed by atoms with Gasteiger partial charge in [0.1, 0.15) is 11.5 Å². The average Bonchev–Trinajstić information content (AvgIpc) is 2.47. The number of nitrogens with zero attached hydrogens (tertiary/aromatic N) is 2. The van der Waals surface area contributed by atoms with Crippen LogP contribution in [0, 0.1) is 5.82 Å². The van der Waals surface area contributed by atoms with Crippen molar-refractivity contribution in [1.82, 2.24) is 15.3 Å². The van der Waals surface area contributed by atoms with Gasteiger partial charge in [0.2, 0.25) is 0 Å². The van der Waals surface area contributed by atoms with Crippen LogP contribution in [0.2, 0.25) is 0 Å². The number of hydrogen-bond acceptors (Lipinski definition) is 4. The molecule has 0 fully saturated rings. The zero-order chi connectivity index (χ0) is 14.4. The Bertz CT molecular complexity index is 603. The van der Waals surface area contributed by atoms with E-state index in [9.17, 15) is 9.18 Å². The molecule has 6 heteroatoms. The fourth-order valence-corrected chi connectivity index (χ4v) is 1.70. The summed E-state index contributed by atoms with van der Waals surface area (Å²) in [4.78, 5) is 20.0. The molecule has 0 aliphatic carbocycles. The molecule has 5 nitrogen and oxygen atoms in total. The molecule has 0 saturated carbocycles. The second-order valence-electron chi connectivity index (χ2n) is 4.17. The van der Waals surface area contributed by atoms with Gasteiger partial charge in [-0.2, -0.15) is 0 Å². The van der Waals surface area contributed by atoms with Gasteiger partial charge >= 0.3 is 0 Å². The van der Waals surface area contributed by atoms with Crippen LogP contribution in [-0.2, 0) is 13.0 Å². The van der Waals surface area contributed by atoms with Crippen LogP contribution in [0.25, 0.3) is 0 Å². The van der Waals surface area contributed by atoms with Crippen molar-refractivity contribution in [2.24, 2.45) is 5.73 Å². The molecule has 0 spiro atoms. The summed E-state index contributed by atoms with van der Waals surface area (Å²) >= 11 is 0. The lowest BCUT2D eigenvalue weighted by Gasteiger charge is -2.06. The van der Waals surface area contributed by atoms with Crippen molar-refractivity contribution in [3.63, 3.8) is 0 Å². The summed E-state index contributed by atoms with van der Waals surface area (Å²) in [5, 5.41) is 2.59. The van der Waals surface area contributed by atoms with Crippen LogP contribution in [-0.4, -0.2) is 22.4 Å². The zero-order valence-electron chi connectivity index (χ0n) is 10.8. The van der Waals surface area contributed by atoms with Crippen molar-refractivity contribution in [2.45, 2.75) is 13.0 Å². The van der Waals surface area contributed by atoms with E-state index in [0.29, 0.717) is 13.0 Å². The Morgan fingerprint density at radius 2 is 2.15 bits per heavy atom. The van der Waals surface area contributed by atoms with Crippen molar-refractivity contribution in [2.75, 3.05) is 6.54 Å². The number of nitrogens with two attached hydrogens (primary N) is 1. The number of carbonyl (C=O) groups is 1. The monoisotopic (exact) mass is 274 g/mol. The van der Waals surface area contributed by atoms with Crippen molar-refractivity contribution in [3.05, 3.63) is 59.4 Å². The van der Waals surface area contributed by atoms with Gasteiger partial charge in [-0.05, 0) is 30.8 Å². The van der Waals surface area contributed by atoms with E-state index in [4.69, 9.17) is 5.73 Å². The number of carbonyl (C=O) groups excluding carboxylic acids is 1. The van der Waals surface area contributed by atoms with E-state index in [1.54, 1.807) is 12.1 Å². The minimum Gasteiger partial charge on any atom is -0.345 e. The molecule has 0 aliphatic rings. The zero-order valence-corrected chi connectivity index (χ0v) is 10.8. The first-order valence-corrected chi connectivity index (χ1v) is 6.24. The molecular weight excluding hydrogens is 259 g/mol. The minimum atomic E-state index is -0.447. The molecule has 2 rings (SSSR count). The molecular formula is C14H15FN4O. The minimum absolute atomic E-state index is 0.0221. The molecule has 0 aromatic carbocycles. The van der Waals surface area contributed by atoms with Crippen LogP contribution in [0.4, 0.5) is 4.39 Å². The van der Waals surface area contributed by atoms with E-state index in [2.05, 4.69) is 15.3 Å². The Kier molecular flexibility index (Phi) is 4.73. The Labute approximate surface area is 116 Å². The maximum absolute atomic E-state index is 13.4. The summed E-state index contributed by atoms with van der Waals surface area (Å²) in [6.45, 7) is 0.492. The lowest BCUT2D eigenvalue weighted by molar-refractivity contribution is 0.0945. The molecule has 2 aromatic heterocycles. The predicted octanol–water partition coefficient (Wildman–Crippen LogP) is 1.05. The smallest absolute Gasteiger partial charge is 0.270 e. The third kappa shape index (κ3) is 3.58.